The Morgan fingerprint density at radius 1 is 1.06 bits per heavy atom. The number of nitrogens with one attached hydrogen (secondary N) is 1. The second kappa shape index (κ2) is 8.43. The molecule has 31 heavy (non-hydrogen) atoms. The molecule has 0 fully saturated rings. The summed E-state index contributed by atoms with van der Waals surface area (Å²) < 4.78 is 10.5. The first kappa shape index (κ1) is 20.3. The van der Waals surface area contributed by atoms with Gasteiger partial charge in [0.05, 0.1) is 19.3 Å². The summed E-state index contributed by atoms with van der Waals surface area (Å²) in [5, 5.41) is 3.15. The van der Waals surface area contributed by atoms with Crippen LogP contribution in [0.2, 0.25) is 0 Å². The second-order valence-corrected chi connectivity index (χ2v) is 7.19. The van der Waals surface area contributed by atoms with E-state index in [-0.39, 0.29) is 12.5 Å². The van der Waals surface area contributed by atoms with Crippen LogP contribution in [0.1, 0.15) is 21.7 Å². The van der Waals surface area contributed by atoms with Crippen LogP contribution in [0.15, 0.2) is 54.6 Å². The predicted octanol–water partition coefficient (Wildman–Crippen LogP) is 3.42. The highest BCUT2D eigenvalue weighted by molar-refractivity contribution is 6.08. The molecule has 0 bridgehead atoms. The maximum absolute atomic E-state index is 13.4. The molecule has 158 valence electrons. The molecule has 1 N–H and O–H groups in total. The molecule has 2 aromatic carbocycles. The summed E-state index contributed by atoms with van der Waals surface area (Å²) in [6.07, 6.45) is -0.895. The molecule has 0 saturated carbocycles. The van der Waals surface area contributed by atoms with E-state index >= 15 is 0 Å². The number of hydrogen-bond acceptors (Lipinski definition) is 7. The molecule has 8 nitrogen and oxygen atoms in total. The maximum Gasteiger partial charge on any atom is 0.348 e. The number of rotatable bonds is 4. The van der Waals surface area contributed by atoms with Gasteiger partial charge < -0.3 is 19.7 Å². The highest BCUT2D eigenvalue weighted by Gasteiger charge is 2.34. The predicted molar refractivity (Wildman–Crippen MR) is 116 cm³/mol. The molecular weight excluding hydrogens is 396 g/mol. The third kappa shape index (κ3) is 4.32. The molecule has 3 aromatic rings. The van der Waals surface area contributed by atoms with Crippen molar-refractivity contribution < 1.29 is 19.1 Å². The molecule has 0 saturated heterocycles. The largest absolute Gasteiger partial charge is 0.475 e. The van der Waals surface area contributed by atoms with Gasteiger partial charge in [0.1, 0.15) is 5.75 Å². The molecule has 0 aliphatic carbocycles. The summed E-state index contributed by atoms with van der Waals surface area (Å²) >= 11 is 0. The number of para-hydroxylation sites is 2. The number of ether oxygens (including phenoxy) is 2. The fourth-order valence-electron chi connectivity index (χ4n) is 3.48. The Bertz CT molecular complexity index is 1130. The van der Waals surface area contributed by atoms with Crippen LogP contribution in [0.5, 0.6) is 5.75 Å². The van der Waals surface area contributed by atoms with E-state index < -0.39 is 12.1 Å². The lowest BCUT2D eigenvalue weighted by Crippen LogP contribution is -2.47. The molecule has 1 amide bonds. The number of fused-ring (bicyclic) bond motifs is 1. The van der Waals surface area contributed by atoms with Crippen molar-refractivity contribution in [3.8, 4) is 5.75 Å². The van der Waals surface area contributed by atoms with Crippen LogP contribution in [0.4, 0.5) is 17.3 Å². The Balaban J connectivity index is 1.63. The molecule has 8 heteroatoms. The molecule has 0 spiro atoms. The minimum Gasteiger partial charge on any atom is -0.475 e. The molecule has 0 unspecified atom stereocenters. The summed E-state index contributed by atoms with van der Waals surface area (Å²) in [6.45, 7) is 3.85. The van der Waals surface area contributed by atoms with Crippen molar-refractivity contribution in [2.45, 2.75) is 20.0 Å². The highest BCUT2D eigenvalue weighted by Crippen LogP contribution is 2.34. The Hall–Kier alpha value is -3.94. The molecule has 0 radical (unpaired) electrons. The van der Waals surface area contributed by atoms with E-state index in [4.69, 9.17) is 9.47 Å². The normalized spacial score (nSPS) is 14.9. The lowest BCUT2D eigenvalue weighted by Gasteiger charge is -2.33. The summed E-state index contributed by atoms with van der Waals surface area (Å²) in [5.41, 5.74) is 3.43. The monoisotopic (exact) mass is 418 g/mol. The average molecular weight is 418 g/mol. The van der Waals surface area contributed by atoms with E-state index in [1.807, 2.05) is 32.0 Å². The smallest absolute Gasteiger partial charge is 0.348 e. The third-order valence-electron chi connectivity index (χ3n) is 4.83. The van der Waals surface area contributed by atoms with Crippen molar-refractivity contribution in [3.05, 3.63) is 71.5 Å². The van der Waals surface area contributed by atoms with Crippen molar-refractivity contribution in [2.24, 2.45) is 0 Å². The van der Waals surface area contributed by atoms with E-state index in [1.165, 1.54) is 12.0 Å². The van der Waals surface area contributed by atoms with Gasteiger partial charge in [-0.2, -0.15) is 0 Å². The Morgan fingerprint density at radius 2 is 1.81 bits per heavy atom. The quantitative estimate of drug-likeness (QED) is 0.649. The van der Waals surface area contributed by atoms with Gasteiger partial charge in [0, 0.05) is 22.6 Å². The molecule has 1 atom stereocenters. The van der Waals surface area contributed by atoms with Crippen LogP contribution < -0.4 is 15.0 Å². The molecular formula is C23H22N4O4. The van der Waals surface area contributed by atoms with E-state index in [1.54, 1.807) is 36.4 Å². The number of aryl methyl sites for hydroxylation is 2. The first-order chi connectivity index (χ1) is 14.9. The van der Waals surface area contributed by atoms with Gasteiger partial charge in [-0.1, -0.05) is 18.2 Å². The number of carbonyl (C=O) groups excluding carboxylic acids is 2. The number of methoxy groups -OCH3 is 1. The lowest BCUT2D eigenvalue weighted by atomic mass is 10.1. The van der Waals surface area contributed by atoms with Gasteiger partial charge in [0.25, 0.3) is 5.91 Å². The van der Waals surface area contributed by atoms with Gasteiger partial charge >= 0.3 is 5.97 Å². The second-order valence-electron chi connectivity index (χ2n) is 7.19. The van der Waals surface area contributed by atoms with Crippen LogP contribution in [0.3, 0.4) is 0 Å². The van der Waals surface area contributed by atoms with Gasteiger partial charge in [-0.25, -0.2) is 14.8 Å². The number of anilines is 3. The maximum atomic E-state index is 13.4. The topological polar surface area (TPSA) is 93.7 Å². The third-order valence-corrected chi connectivity index (χ3v) is 4.83. The van der Waals surface area contributed by atoms with Crippen molar-refractivity contribution in [2.75, 3.05) is 23.9 Å². The van der Waals surface area contributed by atoms with Crippen LogP contribution in [0, 0.1) is 13.8 Å². The number of carbonyl (C=O) groups is 2. The van der Waals surface area contributed by atoms with Gasteiger partial charge in [-0.15, -0.1) is 0 Å². The fraction of sp³-hybridized carbons (Fsp3) is 0.217. The van der Waals surface area contributed by atoms with Crippen molar-refractivity contribution in [1.82, 2.24) is 9.97 Å². The summed E-state index contributed by atoms with van der Waals surface area (Å²) in [5.74, 6) is 0.129. The zero-order chi connectivity index (χ0) is 22.0. The van der Waals surface area contributed by atoms with E-state index in [2.05, 4.69) is 15.3 Å². The van der Waals surface area contributed by atoms with Gasteiger partial charge in [0.15, 0.2) is 0 Å². The first-order valence-corrected chi connectivity index (χ1v) is 9.79. The summed E-state index contributed by atoms with van der Waals surface area (Å²) in [4.78, 5) is 35.8. The average Bonchev–Trinajstić information content (AvgIpc) is 2.76. The molecule has 1 aromatic heterocycles. The Morgan fingerprint density at radius 3 is 2.55 bits per heavy atom. The van der Waals surface area contributed by atoms with Crippen molar-refractivity contribution in [3.63, 3.8) is 0 Å². The number of hydrogen-bond donors (Lipinski definition) is 1. The minimum atomic E-state index is -0.895. The fourth-order valence-corrected chi connectivity index (χ4v) is 3.48. The van der Waals surface area contributed by atoms with Crippen molar-refractivity contribution >= 4 is 29.2 Å². The van der Waals surface area contributed by atoms with E-state index in [0.29, 0.717) is 28.6 Å². The van der Waals surface area contributed by atoms with Gasteiger partial charge in [-0.05, 0) is 50.2 Å². The lowest BCUT2D eigenvalue weighted by molar-refractivity contribution is -0.148. The van der Waals surface area contributed by atoms with Crippen LogP contribution in [-0.4, -0.2) is 41.6 Å². The number of aromatic nitrogens is 2. The minimum absolute atomic E-state index is 0.0559. The van der Waals surface area contributed by atoms with Crippen LogP contribution in [0.25, 0.3) is 0 Å². The number of benzene rings is 2. The number of nitrogens with zero attached hydrogens (tertiary/aromatic N) is 3. The summed E-state index contributed by atoms with van der Waals surface area (Å²) in [7, 11) is 1.29. The van der Waals surface area contributed by atoms with Gasteiger partial charge in [-0.3, -0.25) is 4.79 Å². The van der Waals surface area contributed by atoms with E-state index in [0.717, 1.165) is 11.4 Å². The first-order valence-electron chi connectivity index (χ1n) is 9.79. The SMILES string of the molecule is COC(=O)[C@H]1CN(C(=O)c2cccc(Nc3nc(C)cc(C)n3)c2)c2ccccc2O1. The molecule has 2 heterocycles. The molecule has 1 aliphatic rings. The highest BCUT2D eigenvalue weighted by atomic mass is 16.6. The zero-order valence-corrected chi connectivity index (χ0v) is 17.5. The summed E-state index contributed by atoms with van der Waals surface area (Å²) in [6, 6.07) is 16.1. The number of esters is 1. The van der Waals surface area contributed by atoms with E-state index in [9.17, 15) is 9.59 Å². The number of amides is 1. The zero-order valence-electron chi connectivity index (χ0n) is 17.5. The molecule has 4 rings (SSSR count). The molecule has 1 aliphatic heterocycles. The van der Waals surface area contributed by atoms with Crippen LogP contribution in [-0.2, 0) is 9.53 Å². The Kier molecular flexibility index (Phi) is 5.53. The standard InChI is InChI=1S/C23H22N4O4/c1-14-11-15(2)25-23(24-14)26-17-8-6-7-16(12-17)21(28)27-13-20(22(29)30-3)31-19-10-5-4-9-18(19)27/h4-12,20H,13H2,1-3H3,(H,24,25,26)/t20-/m1/s1. The van der Waals surface area contributed by atoms with Crippen LogP contribution >= 0.6 is 0 Å². The van der Waals surface area contributed by atoms with Gasteiger partial charge in [0.2, 0.25) is 12.1 Å². The Labute approximate surface area is 179 Å². The van der Waals surface area contributed by atoms with Crippen molar-refractivity contribution in [1.29, 1.82) is 0 Å².